The zero-order chi connectivity index (χ0) is 14.4. The van der Waals surface area contributed by atoms with Gasteiger partial charge in [0.2, 0.25) is 0 Å². The van der Waals surface area contributed by atoms with E-state index in [1.165, 1.54) is 6.07 Å². The highest BCUT2D eigenvalue weighted by Gasteiger charge is 2.09. The molecule has 0 amide bonds. The maximum atomic E-state index is 11.0. The van der Waals surface area contributed by atoms with Gasteiger partial charge in [-0.05, 0) is 29.8 Å². The van der Waals surface area contributed by atoms with Crippen LogP contribution in [0.2, 0.25) is 0 Å². The van der Waals surface area contributed by atoms with Crippen LogP contribution < -0.4 is 9.47 Å². The fourth-order valence-electron chi connectivity index (χ4n) is 1.84. The molecule has 0 aliphatic carbocycles. The second-order valence-corrected chi connectivity index (χ2v) is 4.25. The summed E-state index contributed by atoms with van der Waals surface area (Å²) in [6.07, 6.45) is 0.706. The highest BCUT2D eigenvalue weighted by atomic mass is 16.5. The van der Waals surface area contributed by atoms with Gasteiger partial charge in [0.15, 0.2) is 0 Å². The van der Waals surface area contributed by atoms with Crippen LogP contribution in [-0.4, -0.2) is 24.8 Å². The first kappa shape index (κ1) is 13.9. The molecule has 0 saturated carbocycles. The molecule has 20 heavy (non-hydrogen) atoms. The quantitative estimate of drug-likeness (QED) is 0.878. The lowest BCUT2D eigenvalue weighted by atomic mass is 10.1. The molecule has 104 valence electrons. The predicted octanol–water partition coefficient (Wildman–Crippen LogP) is 3.01. The minimum Gasteiger partial charge on any atom is -0.497 e. The molecule has 2 aromatic rings. The summed E-state index contributed by atoms with van der Waals surface area (Å²) in [4.78, 5) is 11.0. The second-order valence-electron chi connectivity index (χ2n) is 4.25. The van der Waals surface area contributed by atoms with Crippen LogP contribution in [0.15, 0.2) is 48.5 Å². The minimum atomic E-state index is -0.981. The van der Waals surface area contributed by atoms with Gasteiger partial charge in [-0.2, -0.15) is 0 Å². The Kier molecular flexibility index (Phi) is 4.60. The molecule has 0 aromatic heterocycles. The van der Waals surface area contributed by atoms with Crippen molar-refractivity contribution in [1.29, 1.82) is 0 Å². The molecule has 0 aliphatic heterocycles. The number of hydrogen-bond acceptors (Lipinski definition) is 3. The molecule has 0 spiro atoms. The van der Waals surface area contributed by atoms with Crippen LogP contribution in [0.3, 0.4) is 0 Å². The van der Waals surface area contributed by atoms with Crippen LogP contribution in [0, 0.1) is 0 Å². The van der Waals surface area contributed by atoms with E-state index in [-0.39, 0.29) is 5.56 Å². The van der Waals surface area contributed by atoms with Gasteiger partial charge in [0, 0.05) is 6.42 Å². The van der Waals surface area contributed by atoms with Crippen molar-refractivity contribution in [3.8, 4) is 11.5 Å². The van der Waals surface area contributed by atoms with Gasteiger partial charge in [-0.1, -0.05) is 24.3 Å². The molecule has 2 aromatic carbocycles. The van der Waals surface area contributed by atoms with Crippen molar-refractivity contribution in [3.05, 3.63) is 59.7 Å². The first-order valence-electron chi connectivity index (χ1n) is 6.29. The van der Waals surface area contributed by atoms with Gasteiger partial charge in [0.25, 0.3) is 0 Å². The Balaban J connectivity index is 1.94. The molecule has 4 nitrogen and oxygen atoms in total. The van der Waals surface area contributed by atoms with Gasteiger partial charge in [-0.15, -0.1) is 0 Å². The van der Waals surface area contributed by atoms with E-state index in [1.54, 1.807) is 25.3 Å². The topological polar surface area (TPSA) is 55.8 Å². The molecule has 0 heterocycles. The fraction of sp³-hybridized carbons (Fsp3) is 0.188. The van der Waals surface area contributed by atoms with E-state index in [0.29, 0.717) is 18.8 Å². The summed E-state index contributed by atoms with van der Waals surface area (Å²) in [7, 11) is 1.63. The standard InChI is InChI=1S/C16H16O4/c1-19-13-8-6-12(7-9-13)10-11-20-15-5-3-2-4-14(15)16(17)18/h2-9H,10-11H2,1H3,(H,17,18). The van der Waals surface area contributed by atoms with Gasteiger partial charge in [0.05, 0.1) is 13.7 Å². The van der Waals surface area contributed by atoms with Gasteiger partial charge in [-0.3, -0.25) is 0 Å². The first-order valence-corrected chi connectivity index (χ1v) is 6.29. The number of para-hydroxylation sites is 1. The Morgan fingerprint density at radius 2 is 1.80 bits per heavy atom. The zero-order valence-electron chi connectivity index (χ0n) is 11.2. The highest BCUT2D eigenvalue weighted by Crippen LogP contribution is 2.18. The van der Waals surface area contributed by atoms with E-state index in [4.69, 9.17) is 14.6 Å². The number of rotatable bonds is 6. The van der Waals surface area contributed by atoms with Gasteiger partial charge in [0.1, 0.15) is 17.1 Å². The summed E-state index contributed by atoms with van der Waals surface area (Å²) in [6, 6.07) is 14.3. The molecule has 0 atom stereocenters. The van der Waals surface area contributed by atoms with Crippen molar-refractivity contribution in [2.24, 2.45) is 0 Å². The van der Waals surface area contributed by atoms with Crippen molar-refractivity contribution < 1.29 is 19.4 Å². The monoisotopic (exact) mass is 272 g/mol. The number of hydrogen-bond donors (Lipinski definition) is 1. The van der Waals surface area contributed by atoms with Gasteiger partial charge >= 0.3 is 5.97 Å². The molecule has 4 heteroatoms. The Hall–Kier alpha value is -2.49. The molecule has 0 aliphatic rings. The molecule has 0 saturated heterocycles. The van der Waals surface area contributed by atoms with Gasteiger partial charge < -0.3 is 14.6 Å². The van der Waals surface area contributed by atoms with E-state index < -0.39 is 5.97 Å². The number of carbonyl (C=O) groups is 1. The SMILES string of the molecule is COc1ccc(CCOc2ccccc2C(=O)O)cc1. The minimum absolute atomic E-state index is 0.183. The number of benzene rings is 2. The van der Waals surface area contributed by atoms with E-state index in [9.17, 15) is 4.79 Å². The average molecular weight is 272 g/mol. The van der Waals surface area contributed by atoms with E-state index >= 15 is 0 Å². The van der Waals surface area contributed by atoms with Gasteiger partial charge in [-0.25, -0.2) is 4.79 Å². The summed E-state index contributed by atoms with van der Waals surface area (Å²) >= 11 is 0. The lowest BCUT2D eigenvalue weighted by Crippen LogP contribution is -2.06. The number of aromatic carboxylic acids is 1. The third kappa shape index (κ3) is 3.51. The highest BCUT2D eigenvalue weighted by molar-refractivity contribution is 5.90. The summed E-state index contributed by atoms with van der Waals surface area (Å²) in [5.74, 6) is 0.226. The van der Waals surface area contributed by atoms with Crippen LogP contribution >= 0.6 is 0 Å². The van der Waals surface area contributed by atoms with Crippen LogP contribution in [0.1, 0.15) is 15.9 Å². The van der Waals surface area contributed by atoms with Crippen LogP contribution in [-0.2, 0) is 6.42 Å². The Bertz CT molecular complexity index is 575. The second kappa shape index (κ2) is 6.61. The zero-order valence-corrected chi connectivity index (χ0v) is 11.2. The fourth-order valence-corrected chi connectivity index (χ4v) is 1.84. The largest absolute Gasteiger partial charge is 0.497 e. The van der Waals surface area contributed by atoms with Crippen LogP contribution in [0.25, 0.3) is 0 Å². The van der Waals surface area contributed by atoms with E-state index in [1.807, 2.05) is 24.3 Å². The lowest BCUT2D eigenvalue weighted by Gasteiger charge is -2.09. The van der Waals surface area contributed by atoms with Crippen LogP contribution in [0.4, 0.5) is 0 Å². The Morgan fingerprint density at radius 3 is 2.45 bits per heavy atom. The average Bonchev–Trinajstić information content (AvgIpc) is 2.48. The molecular weight excluding hydrogens is 256 g/mol. The number of carboxylic acid groups (broad SMARTS) is 1. The number of methoxy groups -OCH3 is 1. The summed E-state index contributed by atoms with van der Waals surface area (Å²) in [5, 5.41) is 9.05. The molecule has 2 rings (SSSR count). The Labute approximate surface area is 117 Å². The predicted molar refractivity (Wildman–Crippen MR) is 75.6 cm³/mol. The maximum absolute atomic E-state index is 11.0. The molecule has 0 radical (unpaired) electrons. The summed E-state index contributed by atoms with van der Waals surface area (Å²) in [6.45, 7) is 0.427. The smallest absolute Gasteiger partial charge is 0.339 e. The summed E-state index contributed by atoms with van der Waals surface area (Å²) in [5.41, 5.74) is 1.29. The third-order valence-electron chi connectivity index (χ3n) is 2.92. The number of carboxylic acids is 1. The molecular formula is C16H16O4. The lowest BCUT2D eigenvalue weighted by molar-refractivity contribution is 0.0692. The third-order valence-corrected chi connectivity index (χ3v) is 2.92. The molecule has 0 fully saturated rings. The van der Waals surface area contributed by atoms with Crippen molar-refractivity contribution in [2.45, 2.75) is 6.42 Å². The van der Waals surface area contributed by atoms with E-state index in [0.717, 1.165) is 11.3 Å². The van der Waals surface area contributed by atoms with Crippen molar-refractivity contribution in [1.82, 2.24) is 0 Å². The van der Waals surface area contributed by atoms with Crippen LogP contribution in [0.5, 0.6) is 11.5 Å². The summed E-state index contributed by atoms with van der Waals surface area (Å²) < 4.78 is 10.6. The normalized spacial score (nSPS) is 10.1. The Morgan fingerprint density at radius 1 is 1.10 bits per heavy atom. The molecule has 0 unspecified atom stereocenters. The van der Waals surface area contributed by atoms with Crippen molar-refractivity contribution in [2.75, 3.05) is 13.7 Å². The van der Waals surface area contributed by atoms with Crippen molar-refractivity contribution in [3.63, 3.8) is 0 Å². The maximum Gasteiger partial charge on any atom is 0.339 e. The molecule has 1 N–H and O–H groups in total. The molecule has 0 bridgehead atoms. The first-order chi connectivity index (χ1) is 9.70. The van der Waals surface area contributed by atoms with E-state index in [2.05, 4.69) is 0 Å². The number of ether oxygens (including phenoxy) is 2. The van der Waals surface area contributed by atoms with Crippen molar-refractivity contribution >= 4 is 5.97 Å².